The highest BCUT2D eigenvalue weighted by Gasteiger charge is 2.10. The highest BCUT2D eigenvalue weighted by atomic mass is 15.4. The van der Waals surface area contributed by atoms with Gasteiger partial charge in [0.05, 0.1) is 5.69 Å². The topological polar surface area (TPSA) is 86.2 Å². The molecule has 8 nitrogen and oxygen atoms in total. The molecule has 0 aliphatic carbocycles. The fourth-order valence-corrected chi connectivity index (χ4v) is 2.76. The van der Waals surface area contributed by atoms with E-state index in [0.717, 1.165) is 28.3 Å². The van der Waals surface area contributed by atoms with Gasteiger partial charge in [0.2, 0.25) is 0 Å². The number of hydrogen-bond donors (Lipinski definition) is 0. The lowest BCUT2D eigenvalue weighted by Gasteiger charge is -2.03. The van der Waals surface area contributed by atoms with Crippen molar-refractivity contribution in [2.24, 2.45) is 0 Å². The molecule has 25 heavy (non-hydrogen) atoms. The van der Waals surface area contributed by atoms with Gasteiger partial charge in [-0.05, 0) is 35.9 Å². The predicted octanol–water partition coefficient (Wildman–Crippen LogP) is 1.82. The summed E-state index contributed by atoms with van der Waals surface area (Å²) in [6.45, 7) is 0. The van der Waals surface area contributed by atoms with Gasteiger partial charge in [-0.15, -0.1) is 10.2 Å². The third-order valence-electron chi connectivity index (χ3n) is 3.98. The van der Waals surface area contributed by atoms with Crippen LogP contribution in [0.4, 0.5) is 0 Å². The van der Waals surface area contributed by atoms with Crippen molar-refractivity contribution < 1.29 is 0 Å². The van der Waals surface area contributed by atoms with Crippen LogP contribution in [0.25, 0.3) is 22.6 Å². The van der Waals surface area contributed by atoms with Gasteiger partial charge in [0.15, 0.2) is 17.1 Å². The summed E-state index contributed by atoms with van der Waals surface area (Å²) in [5.74, 6) is 0.764. The molecule has 5 aromatic heterocycles. The Labute approximate surface area is 141 Å². The summed E-state index contributed by atoms with van der Waals surface area (Å²) >= 11 is 0. The molecule has 0 radical (unpaired) electrons. The van der Waals surface area contributed by atoms with Crippen molar-refractivity contribution in [1.82, 2.24) is 39.4 Å². The Bertz CT molecular complexity index is 1180. The summed E-state index contributed by atoms with van der Waals surface area (Å²) in [6, 6.07) is 11.6. The maximum atomic E-state index is 4.67. The average molecular weight is 328 g/mol. The van der Waals surface area contributed by atoms with Crippen LogP contribution in [-0.4, -0.2) is 39.4 Å². The van der Waals surface area contributed by atoms with Crippen molar-refractivity contribution in [1.29, 1.82) is 0 Å². The normalized spacial score (nSPS) is 11.4. The number of rotatable bonds is 3. The Balaban J connectivity index is 1.56. The van der Waals surface area contributed by atoms with Crippen molar-refractivity contribution in [3.8, 4) is 11.3 Å². The van der Waals surface area contributed by atoms with Gasteiger partial charge in [0, 0.05) is 30.6 Å². The Hall–Kier alpha value is -3.68. The van der Waals surface area contributed by atoms with E-state index in [1.165, 1.54) is 6.33 Å². The zero-order valence-electron chi connectivity index (χ0n) is 13.1. The lowest BCUT2D eigenvalue weighted by molar-refractivity contribution is 0.833. The van der Waals surface area contributed by atoms with Gasteiger partial charge in [0.1, 0.15) is 6.33 Å². The highest BCUT2D eigenvalue weighted by Crippen LogP contribution is 2.17. The summed E-state index contributed by atoms with van der Waals surface area (Å²) in [6.07, 6.45) is 7.60. The number of pyridine rings is 2. The second-order valence-corrected chi connectivity index (χ2v) is 5.62. The number of hydrogen-bond acceptors (Lipinski definition) is 6. The van der Waals surface area contributed by atoms with Gasteiger partial charge < -0.3 is 0 Å². The maximum absolute atomic E-state index is 4.67. The number of aromatic nitrogens is 8. The van der Waals surface area contributed by atoms with Crippen molar-refractivity contribution in [2.45, 2.75) is 6.42 Å². The molecular formula is C17H12N8. The molecule has 0 fully saturated rings. The van der Waals surface area contributed by atoms with Crippen molar-refractivity contribution >= 4 is 11.3 Å². The molecule has 0 N–H and O–H groups in total. The largest absolute Gasteiger partial charge is 0.264 e. The second kappa shape index (κ2) is 5.45. The zero-order chi connectivity index (χ0) is 16.6. The van der Waals surface area contributed by atoms with E-state index >= 15 is 0 Å². The fourth-order valence-electron chi connectivity index (χ4n) is 2.76. The molecule has 0 saturated heterocycles. The van der Waals surface area contributed by atoms with Crippen LogP contribution < -0.4 is 0 Å². The smallest absolute Gasteiger partial charge is 0.177 e. The lowest BCUT2D eigenvalue weighted by Crippen LogP contribution is -2.02. The lowest BCUT2D eigenvalue weighted by atomic mass is 10.2. The first-order chi connectivity index (χ1) is 12.4. The zero-order valence-corrected chi connectivity index (χ0v) is 13.1. The molecule has 0 spiro atoms. The second-order valence-electron chi connectivity index (χ2n) is 5.62. The molecule has 8 heteroatoms. The van der Waals surface area contributed by atoms with Gasteiger partial charge in [0.25, 0.3) is 0 Å². The summed E-state index contributed by atoms with van der Waals surface area (Å²) in [7, 11) is 0. The molecule has 5 heterocycles. The van der Waals surface area contributed by atoms with Gasteiger partial charge in [-0.2, -0.15) is 14.7 Å². The van der Waals surface area contributed by atoms with Crippen LogP contribution in [0.2, 0.25) is 0 Å². The molecule has 5 aromatic rings. The van der Waals surface area contributed by atoms with Crippen LogP contribution in [0.3, 0.4) is 0 Å². The minimum Gasteiger partial charge on any atom is -0.264 e. The molecular weight excluding hydrogens is 316 g/mol. The molecule has 0 saturated carbocycles. The Morgan fingerprint density at radius 2 is 1.92 bits per heavy atom. The van der Waals surface area contributed by atoms with Gasteiger partial charge >= 0.3 is 0 Å². The van der Waals surface area contributed by atoms with E-state index in [-0.39, 0.29) is 0 Å². The molecule has 0 atom stereocenters. The molecule has 0 unspecified atom stereocenters. The summed E-state index contributed by atoms with van der Waals surface area (Å²) < 4.78 is 3.51. The van der Waals surface area contributed by atoms with E-state index in [1.807, 2.05) is 42.6 Å². The Morgan fingerprint density at radius 1 is 0.960 bits per heavy atom. The van der Waals surface area contributed by atoms with E-state index in [1.54, 1.807) is 21.4 Å². The van der Waals surface area contributed by atoms with E-state index in [9.17, 15) is 0 Å². The van der Waals surface area contributed by atoms with Crippen molar-refractivity contribution in [2.75, 3.05) is 0 Å². The first-order valence-electron chi connectivity index (χ1n) is 7.77. The molecule has 0 aromatic carbocycles. The third-order valence-corrected chi connectivity index (χ3v) is 3.98. The van der Waals surface area contributed by atoms with Crippen LogP contribution in [-0.2, 0) is 6.42 Å². The van der Waals surface area contributed by atoms with Gasteiger partial charge in [-0.25, -0.2) is 9.50 Å². The van der Waals surface area contributed by atoms with Crippen molar-refractivity contribution in [3.05, 3.63) is 72.7 Å². The minimum atomic E-state index is 0.598. The van der Waals surface area contributed by atoms with E-state index in [0.29, 0.717) is 12.1 Å². The van der Waals surface area contributed by atoms with Gasteiger partial charge in [-0.3, -0.25) is 4.98 Å². The molecule has 0 bridgehead atoms. The minimum absolute atomic E-state index is 0.598. The molecule has 0 aliphatic heterocycles. The first-order valence-corrected chi connectivity index (χ1v) is 7.77. The summed E-state index contributed by atoms with van der Waals surface area (Å²) in [5.41, 5.74) is 4.36. The summed E-state index contributed by atoms with van der Waals surface area (Å²) in [5, 5.41) is 17.3. The monoisotopic (exact) mass is 328 g/mol. The predicted molar refractivity (Wildman–Crippen MR) is 89.8 cm³/mol. The standard InChI is InChI=1S/C17H12N8/c1-2-13(9-18-7-1)14-4-6-16-21-22-17(25(16)23-14)8-12-3-5-15-19-11-20-24(15)10-12/h1-7,9-11H,8H2. The molecule has 0 amide bonds. The first kappa shape index (κ1) is 13.7. The van der Waals surface area contributed by atoms with Crippen LogP contribution in [0, 0.1) is 0 Å². The Morgan fingerprint density at radius 3 is 2.84 bits per heavy atom. The van der Waals surface area contributed by atoms with E-state index in [2.05, 4.69) is 30.4 Å². The van der Waals surface area contributed by atoms with Crippen LogP contribution >= 0.6 is 0 Å². The maximum Gasteiger partial charge on any atom is 0.177 e. The van der Waals surface area contributed by atoms with Crippen LogP contribution in [0.1, 0.15) is 11.4 Å². The van der Waals surface area contributed by atoms with Gasteiger partial charge in [-0.1, -0.05) is 6.07 Å². The molecule has 5 rings (SSSR count). The molecule has 0 aliphatic rings. The summed E-state index contributed by atoms with van der Waals surface area (Å²) in [4.78, 5) is 8.30. The fraction of sp³-hybridized carbons (Fsp3) is 0.0588. The number of nitrogens with zero attached hydrogens (tertiary/aromatic N) is 8. The third kappa shape index (κ3) is 2.40. The van der Waals surface area contributed by atoms with E-state index in [4.69, 9.17) is 0 Å². The quantitative estimate of drug-likeness (QED) is 0.502. The van der Waals surface area contributed by atoms with Crippen LogP contribution in [0.15, 0.2) is 61.3 Å². The highest BCUT2D eigenvalue weighted by molar-refractivity contribution is 5.58. The van der Waals surface area contributed by atoms with Crippen molar-refractivity contribution in [3.63, 3.8) is 0 Å². The van der Waals surface area contributed by atoms with Crippen LogP contribution in [0.5, 0.6) is 0 Å². The number of fused-ring (bicyclic) bond motifs is 2. The molecule has 120 valence electrons. The Kier molecular flexibility index (Phi) is 2.99. The van der Waals surface area contributed by atoms with E-state index < -0.39 is 0 Å². The SMILES string of the molecule is c1cncc(-c2ccc3nnc(Cc4ccc5ncnn5c4)n3n2)c1. The average Bonchev–Trinajstić information content (AvgIpc) is 3.29.